The Hall–Kier alpha value is -1.28. The van der Waals surface area contributed by atoms with Gasteiger partial charge in [0.1, 0.15) is 0 Å². The van der Waals surface area contributed by atoms with E-state index < -0.39 is 0 Å². The van der Waals surface area contributed by atoms with Gasteiger partial charge in [-0.05, 0) is 24.3 Å². The Morgan fingerprint density at radius 1 is 1.42 bits per heavy atom. The van der Waals surface area contributed by atoms with Crippen LogP contribution in [-0.2, 0) is 0 Å². The van der Waals surface area contributed by atoms with Crippen LogP contribution >= 0.6 is 11.6 Å². The lowest BCUT2D eigenvalue weighted by Gasteiger charge is -1.99. The molecular formula is C9H6ClN2. The highest BCUT2D eigenvalue weighted by molar-refractivity contribution is 6.30. The quantitative estimate of drug-likeness (QED) is 0.654. The van der Waals surface area contributed by atoms with Crippen molar-refractivity contribution >= 4 is 11.6 Å². The predicted molar refractivity (Wildman–Crippen MR) is 47.4 cm³/mol. The molecule has 59 valence electrons. The third kappa shape index (κ3) is 1.34. The van der Waals surface area contributed by atoms with E-state index in [9.17, 15) is 0 Å². The van der Waals surface area contributed by atoms with Crippen molar-refractivity contribution in [3.63, 3.8) is 0 Å². The van der Waals surface area contributed by atoms with E-state index in [2.05, 4.69) is 11.3 Å². The average molecular weight is 178 g/mol. The Labute approximate surface area is 75.4 Å². The van der Waals surface area contributed by atoms with Crippen molar-refractivity contribution in [2.75, 3.05) is 0 Å². The van der Waals surface area contributed by atoms with Crippen molar-refractivity contribution in [1.82, 2.24) is 9.78 Å². The van der Waals surface area contributed by atoms with E-state index in [4.69, 9.17) is 11.6 Å². The van der Waals surface area contributed by atoms with Gasteiger partial charge in [-0.15, -0.1) is 0 Å². The molecule has 0 unspecified atom stereocenters. The number of aromatic nitrogens is 2. The summed E-state index contributed by atoms with van der Waals surface area (Å²) in [6, 6.07) is 9.23. The summed E-state index contributed by atoms with van der Waals surface area (Å²) in [7, 11) is 0. The molecule has 0 spiro atoms. The Morgan fingerprint density at radius 3 is 3.00 bits per heavy atom. The molecule has 1 heterocycles. The molecule has 3 heteroatoms. The lowest BCUT2D eigenvalue weighted by atomic mass is 10.3. The molecule has 0 aliphatic carbocycles. The van der Waals surface area contributed by atoms with Gasteiger partial charge >= 0.3 is 0 Å². The maximum Gasteiger partial charge on any atom is 0.0926 e. The average Bonchev–Trinajstić information content (AvgIpc) is 2.56. The Kier molecular flexibility index (Phi) is 1.84. The monoisotopic (exact) mass is 177 g/mol. The standard InChI is InChI=1S/C9H6ClN2/c10-8-3-1-4-9(7-8)12-6-2-5-11-12/h1-5,7H. The maximum atomic E-state index is 5.81. The van der Waals surface area contributed by atoms with Crippen LogP contribution in [0.1, 0.15) is 0 Å². The predicted octanol–water partition coefficient (Wildman–Crippen LogP) is 2.33. The number of rotatable bonds is 1. The van der Waals surface area contributed by atoms with Crippen molar-refractivity contribution in [3.05, 3.63) is 47.7 Å². The van der Waals surface area contributed by atoms with Crippen molar-refractivity contribution in [3.8, 4) is 5.69 Å². The van der Waals surface area contributed by atoms with Gasteiger partial charge in [0.2, 0.25) is 0 Å². The molecule has 0 N–H and O–H groups in total. The van der Waals surface area contributed by atoms with Crippen LogP contribution in [0.3, 0.4) is 0 Å². The zero-order valence-corrected chi connectivity index (χ0v) is 6.99. The highest BCUT2D eigenvalue weighted by atomic mass is 35.5. The van der Waals surface area contributed by atoms with Crippen LogP contribution < -0.4 is 0 Å². The fourth-order valence-electron chi connectivity index (χ4n) is 0.986. The van der Waals surface area contributed by atoms with Gasteiger partial charge in [0.05, 0.1) is 18.1 Å². The van der Waals surface area contributed by atoms with Gasteiger partial charge in [-0.1, -0.05) is 17.7 Å². The van der Waals surface area contributed by atoms with E-state index in [1.54, 1.807) is 16.9 Å². The van der Waals surface area contributed by atoms with E-state index >= 15 is 0 Å². The minimum absolute atomic E-state index is 0.705. The van der Waals surface area contributed by atoms with E-state index in [-0.39, 0.29) is 0 Å². The first-order valence-electron chi connectivity index (χ1n) is 3.54. The lowest BCUT2D eigenvalue weighted by Crippen LogP contribution is -1.93. The number of halogens is 1. The Bertz CT molecular complexity index is 368. The molecule has 0 aliphatic heterocycles. The zero-order valence-electron chi connectivity index (χ0n) is 6.24. The first kappa shape index (κ1) is 7.37. The molecule has 0 saturated heterocycles. The minimum Gasteiger partial charge on any atom is -0.231 e. The Morgan fingerprint density at radius 2 is 2.33 bits per heavy atom. The molecule has 0 atom stereocenters. The van der Waals surface area contributed by atoms with Gasteiger partial charge < -0.3 is 0 Å². The fourth-order valence-corrected chi connectivity index (χ4v) is 1.17. The largest absolute Gasteiger partial charge is 0.231 e. The topological polar surface area (TPSA) is 17.8 Å². The number of nitrogens with zero attached hydrogens (tertiary/aromatic N) is 2. The van der Waals surface area contributed by atoms with Gasteiger partial charge in [0.25, 0.3) is 0 Å². The van der Waals surface area contributed by atoms with E-state index in [1.807, 2.05) is 24.3 Å². The van der Waals surface area contributed by atoms with Crippen LogP contribution in [0.25, 0.3) is 5.69 Å². The number of hydrogen-bond acceptors (Lipinski definition) is 1. The minimum atomic E-state index is 0.705. The molecular weight excluding hydrogens is 172 g/mol. The molecule has 0 saturated carbocycles. The smallest absolute Gasteiger partial charge is 0.0926 e. The lowest BCUT2D eigenvalue weighted by molar-refractivity contribution is 0.874. The van der Waals surface area contributed by atoms with Crippen molar-refractivity contribution < 1.29 is 0 Å². The highest BCUT2D eigenvalue weighted by Crippen LogP contribution is 2.12. The maximum absolute atomic E-state index is 5.81. The summed E-state index contributed by atoms with van der Waals surface area (Å²) in [5.41, 5.74) is 0.924. The van der Waals surface area contributed by atoms with Crippen LogP contribution in [0.5, 0.6) is 0 Å². The van der Waals surface area contributed by atoms with Crippen molar-refractivity contribution in [2.45, 2.75) is 0 Å². The van der Waals surface area contributed by atoms with E-state index in [0.29, 0.717) is 5.02 Å². The van der Waals surface area contributed by atoms with Gasteiger partial charge in [-0.2, -0.15) is 5.10 Å². The number of hydrogen-bond donors (Lipinski definition) is 0. The third-order valence-electron chi connectivity index (χ3n) is 1.51. The molecule has 0 fully saturated rings. The van der Waals surface area contributed by atoms with Crippen LogP contribution in [-0.4, -0.2) is 9.78 Å². The van der Waals surface area contributed by atoms with Crippen LogP contribution in [0.15, 0.2) is 36.5 Å². The molecule has 2 rings (SSSR count). The molecule has 0 bridgehead atoms. The summed E-state index contributed by atoms with van der Waals surface area (Å²) in [5.74, 6) is 0. The summed E-state index contributed by atoms with van der Waals surface area (Å²) in [6.45, 7) is 0. The second-order valence-electron chi connectivity index (χ2n) is 2.35. The van der Waals surface area contributed by atoms with Crippen molar-refractivity contribution in [2.24, 2.45) is 0 Å². The van der Waals surface area contributed by atoms with Gasteiger partial charge in [-0.25, -0.2) is 4.68 Å². The second kappa shape index (κ2) is 2.99. The Balaban J connectivity index is 2.48. The first-order valence-corrected chi connectivity index (χ1v) is 3.92. The summed E-state index contributed by atoms with van der Waals surface area (Å²) in [6.07, 6.45) is 4.61. The van der Waals surface area contributed by atoms with E-state index in [0.717, 1.165) is 5.69 Å². The summed E-state index contributed by atoms with van der Waals surface area (Å²) < 4.78 is 1.64. The molecule has 1 radical (unpaired) electrons. The van der Waals surface area contributed by atoms with Gasteiger partial charge in [0, 0.05) is 5.02 Å². The molecule has 1 aromatic carbocycles. The summed E-state index contributed by atoms with van der Waals surface area (Å²) in [5, 5.41) is 4.74. The molecule has 12 heavy (non-hydrogen) atoms. The fraction of sp³-hybridized carbons (Fsp3) is 0. The van der Waals surface area contributed by atoms with Crippen molar-refractivity contribution in [1.29, 1.82) is 0 Å². The molecule has 0 amide bonds. The third-order valence-corrected chi connectivity index (χ3v) is 1.74. The molecule has 2 aromatic rings. The van der Waals surface area contributed by atoms with E-state index in [1.165, 1.54) is 0 Å². The first-order chi connectivity index (χ1) is 5.86. The van der Waals surface area contributed by atoms with Gasteiger partial charge in [0.15, 0.2) is 0 Å². The highest BCUT2D eigenvalue weighted by Gasteiger charge is 1.95. The van der Waals surface area contributed by atoms with Crippen LogP contribution in [0.2, 0.25) is 5.02 Å². The summed E-state index contributed by atoms with van der Waals surface area (Å²) >= 11 is 5.81. The zero-order chi connectivity index (χ0) is 8.39. The second-order valence-corrected chi connectivity index (χ2v) is 2.79. The molecule has 0 aliphatic rings. The normalized spacial score (nSPS) is 10.1. The summed E-state index contributed by atoms with van der Waals surface area (Å²) in [4.78, 5) is 0. The number of benzene rings is 1. The SMILES string of the molecule is Clc1cccc(-n2[c]ccn2)c1. The van der Waals surface area contributed by atoms with Crippen LogP contribution in [0.4, 0.5) is 0 Å². The molecule has 1 aromatic heterocycles. The van der Waals surface area contributed by atoms with Crippen LogP contribution in [0, 0.1) is 6.20 Å². The van der Waals surface area contributed by atoms with Gasteiger partial charge in [-0.3, -0.25) is 0 Å². The molecule has 2 nitrogen and oxygen atoms in total.